The molecule has 0 aliphatic carbocycles. The van der Waals surface area contributed by atoms with E-state index < -0.39 is 10.0 Å². The summed E-state index contributed by atoms with van der Waals surface area (Å²) < 4.78 is 28.0. The van der Waals surface area contributed by atoms with Crippen molar-refractivity contribution < 1.29 is 13.2 Å². The first kappa shape index (κ1) is 23.0. The predicted octanol–water partition coefficient (Wildman–Crippen LogP) is 4.65. The molecular formula is C26H29N3O3S. The number of amides is 1. The molecule has 1 aliphatic rings. The number of likely N-dealkylation sites (tertiary alicyclic amines) is 1. The monoisotopic (exact) mass is 463 g/mol. The summed E-state index contributed by atoms with van der Waals surface area (Å²) in [4.78, 5) is 15.3. The summed E-state index contributed by atoms with van der Waals surface area (Å²) in [6.07, 6.45) is 1.62. The van der Waals surface area contributed by atoms with Gasteiger partial charge in [0.05, 0.1) is 10.6 Å². The van der Waals surface area contributed by atoms with Crippen molar-refractivity contribution in [2.24, 2.45) is 5.92 Å². The van der Waals surface area contributed by atoms with Gasteiger partial charge in [-0.2, -0.15) is 0 Å². The minimum Gasteiger partial charge on any atom is -0.326 e. The molecule has 0 spiro atoms. The Bertz CT molecular complexity index is 1190. The third kappa shape index (κ3) is 6.00. The molecule has 1 aliphatic heterocycles. The van der Waals surface area contributed by atoms with Gasteiger partial charge in [0, 0.05) is 18.2 Å². The van der Waals surface area contributed by atoms with Gasteiger partial charge in [-0.15, -0.1) is 0 Å². The summed E-state index contributed by atoms with van der Waals surface area (Å²) in [5.41, 5.74) is 3.28. The fraction of sp³-hybridized carbons (Fsp3) is 0.269. The number of piperidine rings is 1. The number of anilines is 2. The fourth-order valence-corrected chi connectivity index (χ4v) is 5.18. The maximum absolute atomic E-state index is 12.7. The summed E-state index contributed by atoms with van der Waals surface area (Å²) in [6.45, 7) is 4.52. The second kappa shape index (κ2) is 10.2. The van der Waals surface area contributed by atoms with Crippen molar-refractivity contribution >= 4 is 27.3 Å². The van der Waals surface area contributed by atoms with E-state index in [1.54, 1.807) is 24.3 Å². The molecule has 3 aromatic rings. The van der Waals surface area contributed by atoms with Gasteiger partial charge in [0.2, 0.25) is 5.91 Å². The zero-order valence-corrected chi connectivity index (χ0v) is 19.5. The Morgan fingerprint density at radius 3 is 2.21 bits per heavy atom. The van der Waals surface area contributed by atoms with Crippen molar-refractivity contribution in [1.29, 1.82) is 0 Å². The maximum atomic E-state index is 12.7. The molecule has 3 aromatic carbocycles. The van der Waals surface area contributed by atoms with Crippen LogP contribution in [0.25, 0.3) is 0 Å². The standard InChI is InChI=1S/C26H29N3O3S/c1-20-7-5-6-10-25(20)28-33(31,32)24-13-11-23(12-14-24)27-26(30)22-15-17-29(18-16-22)19-21-8-3-2-4-9-21/h2-14,22,28H,15-19H2,1H3,(H,27,30). The second-order valence-electron chi connectivity index (χ2n) is 8.47. The molecule has 0 aromatic heterocycles. The molecule has 1 amide bonds. The highest BCUT2D eigenvalue weighted by molar-refractivity contribution is 7.92. The van der Waals surface area contributed by atoms with E-state index in [1.165, 1.54) is 17.7 Å². The van der Waals surface area contributed by atoms with E-state index in [2.05, 4.69) is 27.1 Å². The van der Waals surface area contributed by atoms with Gasteiger partial charge in [-0.25, -0.2) is 8.42 Å². The molecule has 0 unspecified atom stereocenters. The first-order chi connectivity index (χ1) is 15.9. The molecule has 1 fully saturated rings. The number of hydrogen-bond acceptors (Lipinski definition) is 4. The van der Waals surface area contributed by atoms with Crippen molar-refractivity contribution in [3.8, 4) is 0 Å². The van der Waals surface area contributed by atoms with Crippen LogP contribution in [0.5, 0.6) is 0 Å². The largest absolute Gasteiger partial charge is 0.326 e. The van der Waals surface area contributed by atoms with Crippen molar-refractivity contribution in [3.63, 3.8) is 0 Å². The Labute approximate surface area is 195 Å². The molecule has 0 bridgehead atoms. The molecule has 1 saturated heterocycles. The van der Waals surface area contributed by atoms with Crippen LogP contribution in [0.2, 0.25) is 0 Å². The number of carbonyl (C=O) groups excluding carboxylic acids is 1. The van der Waals surface area contributed by atoms with Crippen LogP contribution in [0.1, 0.15) is 24.0 Å². The molecule has 2 N–H and O–H groups in total. The maximum Gasteiger partial charge on any atom is 0.261 e. The quantitative estimate of drug-likeness (QED) is 0.535. The molecule has 1 heterocycles. The van der Waals surface area contributed by atoms with Gasteiger partial charge in [-0.1, -0.05) is 48.5 Å². The SMILES string of the molecule is Cc1ccccc1NS(=O)(=O)c1ccc(NC(=O)C2CCN(Cc3ccccc3)CC2)cc1. The average Bonchev–Trinajstić information content (AvgIpc) is 2.82. The normalized spacial score (nSPS) is 15.2. The van der Waals surface area contributed by atoms with Gasteiger partial charge in [0.1, 0.15) is 0 Å². The number of carbonyl (C=O) groups is 1. The lowest BCUT2D eigenvalue weighted by Crippen LogP contribution is -2.37. The lowest BCUT2D eigenvalue weighted by Gasteiger charge is -2.31. The third-order valence-electron chi connectivity index (χ3n) is 6.03. The summed E-state index contributed by atoms with van der Waals surface area (Å²) in [5.74, 6) is -0.0499. The van der Waals surface area contributed by atoms with E-state index >= 15 is 0 Å². The van der Waals surface area contributed by atoms with E-state index in [0.717, 1.165) is 38.0 Å². The Kier molecular flexibility index (Phi) is 7.11. The minimum absolute atomic E-state index is 0.0111. The van der Waals surface area contributed by atoms with Crippen LogP contribution in [0, 0.1) is 12.8 Å². The van der Waals surface area contributed by atoms with Crippen LogP contribution in [0.3, 0.4) is 0 Å². The van der Waals surface area contributed by atoms with Crippen molar-refractivity contribution in [1.82, 2.24) is 4.90 Å². The highest BCUT2D eigenvalue weighted by atomic mass is 32.2. The summed E-state index contributed by atoms with van der Waals surface area (Å²) in [6, 6.07) is 23.9. The van der Waals surface area contributed by atoms with Gasteiger partial charge in [-0.05, 0) is 74.3 Å². The van der Waals surface area contributed by atoms with Gasteiger partial charge < -0.3 is 5.32 Å². The first-order valence-electron chi connectivity index (χ1n) is 11.2. The zero-order valence-electron chi connectivity index (χ0n) is 18.7. The number of para-hydroxylation sites is 1. The zero-order chi connectivity index (χ0) is 23.3. The van der Waals surface area contributed by atoms with Crippen molar-refractivity contribution in [3.05, 3.63) is 90.0 Å². The summed E-state index contributed by atoms with van der Waals surface area (Å²) in [7, 11) is -3.70. The number of benzene rings is 3. The Morgan fingerprint density at radius 1 is 0.909 bits per heavy atom. The van der Waals surface area contributed by atoms with Crippen LogP contribution in [-0.2, 0) is 21.4 Å². The predicted molar refractivity (Wildman–Crippen MR) is 132 cm³/mol. The fourth-order valence-electron chi connectivity index (χ4n) is 4.05. The highest BCUT2D eigenvalue weighted by Crippen LogP contribution is 2.23. The number of rotatable bonds is 7. The van der Waals surface area contributed by atoms with Gasteiger partial charge in [0.15, 0.2) is 0 Å². The van der Waals surface area contributed by atoms with Crippen LogP contribution in [0.15, 0.2) is 83.8 Å². The topological polar surface area (TPSA) is 78.5 Å². The Hall–Kier alpha value is -3.16. The lowest BCUT2D eigenvalue weighted by atomic mass is 9.95. The molecule has 0 saturated carbocycles. The van der Waals surface area contributed by atoms with E-state index in [0.29, 0.717) is 11.4 Å². The molecule has 6 nitrogen and oxygen atoms in total. The van der Waals surface area contributed by atoms with Gasteiger partial charge >= 0.3 is 0 Å². The second-order valence-corrected chi connectivity index (χ2v) is 10.2. The minimum atomic E-state index is -3.70. The summed E-state index contributed by atoms with van der Waals surface area (Å²) >= 11 is 0. The van der Waals surface area contributed by atoms with E-state index in [-0.39, 0.29) is 16.7 Å². The smallest absolute Gasteiger partial charge is 0.261 e. The van der Waals surface area contributed by atoms with Crippen LogP contribution in [-0.4, -0.2) is 32.3 Å². The van der Waals surface area contributed by atoms with Crippen LogP contribution >= 0.6 is 0 Å². The molecule has 4 rings (SSSR count). The number of sulfonamides is 1. The molecule has 33 heavy (non-hydrogen) atoms. The number of nitrogens with one attached hydrogen (secondary N) is 2. The van der Waals surface area contributed by atoms with Crippen LogP contribution in [0.4, 0.5) is 11.4 Å². The van der Waals surface area contributed by atoms with E-state index in [1.807, 2.05) is 37.3 Å². The number of hydrogen-bond donors (Lipinski definition) is 2. The Balaban J connectivity index is 1.31. The van der Waals surface area contributed by atoms with E-state index in [4.69, 9.17) is 0 Å². The molecular weight excluding hydrogens is 434 g/mol. The Morgan fingerprint density at radius 2 is 1.55 bits per heavy atom. The van der Waals surface area contributed by atoms with Gasteiger partial charge in [-0.3, -0.25) is 14.4 Å². The van der Waals surface area contributed by atoms with Crippen molar-refractivity contribution in [2.75, 3.05) is 23.1 Å². The highest BCUT2D eigenvalue weighted by Gasteiger charge is 2.25. The molecule has 172 valence electrons. The first-order valence-corrected chi connectivity index (χ1v) is 12.6. The summed E-state index contributed by atoms with van der Waals surface area (Å²) in [5, 5.41) is 2.94. The van der Waals surface area contributed by atoms with Crippen molar-refractivity contribution in [2.45, 2.75) is 31.2 Å². The lowest BCUT2D eigenvalue weighted by molar-refractivity contribution is -0.121. The van der Waals surface area contributed by atoms with Crippen LogP contribution < -0.4 is 10.0 Å². The molecule has 7 heteroatoms. The molecule has 0 radical (unpaired) electrons. The van der Waals surface area contributed by atoms with E-state index in [9.17, 15) is 13.2 Å². The van der Waals surface area contributed by atoms with Gasteiger partial charge in [0.25, 0.3) is 10.0 Å². The number of nitrogens with zero attached hydrogens (tertiary/aromatic N) is 1. The number of aryl methyl sites for hydroxylation is 1. The average molecular weight is 464 g/mol. The third-order valence-corrected chi connectivity index (χ3v) is 7.41. The molecule has 0 atom stereocenters.